The molecule has 0 heterocycles. The number of hydrogen-bond donors (Lipinski definition) is 1. The number of esters is 1. The van der Waals surface area contributed by atoms with Crippen molar-refractivity contribution in [1.82, 2.24) is 0 Å². The van der Waals surface area contributed by atoms with E-state index in [-0.39, 0.29) is 28.6 Å². The van der Waals surface area contributed by atoms with Crippen LogP contribution in [0.4, 0.5) is 0 Å². The van der Waals surface area contributed by atoms with Crippen LogP contribution in [0.25, 0.3) is 0 Å². The van der Waals surface area contributed by atoms with Gasteiger partial charge in [0.25, 0.3) is 0 Å². The third-order valence-corrected chi connectivity index (χ3v) is 4.83. The van der Waals surface area contributed by atoms with Gasteiger partial charge in [-0.3, -0.25) is 9.59 Å². The van der Waals surface area contributed by atoms with Gasteiger partial charge in [-0.1, -0.05) is 55.4 Å². The van der Waals surface area contributed by atoms with Gasteiger partial charge in [-0.2, -0.15) is 0 Å². The Kier molecular flexibility index (Phi) is 7.88. The Balaban J connectivity index is 0. The van der Waals surface area contributed by atoms with E-state index in [0.717, 1.165) is 0 Å². The molecule has 0 rings (SSSR count). The monoisotopic (exact) mass is 316 g/mol. The quantitative estimate of drug-likeness (QED) is 0.752. The van der Waals surface area contributed by atoms with Crippen molar-refractivity contribution in [3.05, 3.63) is 0 Å². The van der Waals surface area contributed by atoms with Gasteiger partial charge < -0.3 is 9.84 Å². The molecule has 0 saturated heterocycles. The lowest BCUT2D eigenvalue weighted by molar-refractivity contribution is -0.164. The fourth-order valence-corrected chi connectivity index (χ4v) is 1.16. The number of carboxylic acid groups (broad SMARTS) is 1. The van der Waals surface area contributed by atoms with Gasteiger partial charge in [0.1, 0.15) is 5.60 Å². The lowest BCUT2D eigenvalue weighted by Gasteiger charge is -2.37. The van der Waals surface area contributed by atoms with Crippen LogP contribution in [0.15, 0.2) is 0 Å². The molecule has 4 heteroatoms. The zero-order chi connectivity index (χ0) is 18.6. The molecule has 0 saturated carbocycles. The summed E-state index contributed by atoms with van der Waals surface area (Å²) in [5, 5.41) is 8.61. The minimum Gasteiger partial charge on any atom is -0.481 e. The Hall–Kier alpha value is -1.06. The summed E-state index contributed by atoms with van der Waals surface area (Å²) in [5.74, 6) is -0.935. The van der Waals surface area contributed by atoms with Crippen LogP contribution >= 0.6 is 0 Å². The van der Waals surface area contributed by atoms with Crippen LogP contribution in [-0.2, 0) is 14.3 Å². The highest BCUT2D eigenvalue weighted by atomic mass is 16.6. The highest BCUT2D eigenvalue weighted by Gasteiger charge is 2.35. The molecule has 0 atom stereocenters. The second-order valence-corrected chi connectivity index (χ2v) is 9.06. The highest BCUT2D eigenvalue weighted by molar-refractivity contribution is 5.67. The molecule has 0 aromatic rings. The van der Waals surface area contributed by atoms with Crippen molar-refractivity contribution >= 4 is 11.9 Å². The van der Waals surface area contributed by atoms with Crippen molar-refractivity contribution in [3.8, 4) is 0 Å². The summed E-state index contributed by atoms with van der Waals surface area (Å²) in [7, 11) is 0. The first-order valence-corrected chi connectivity index (χ1v) is 7.75. The number of carbonyl (C=O) groups excluding carboxylic acids is 1. The summed E-state index contributed by atoms with van der Waals surface area (Å²) in [5.41, 5.74) is -0.498. The normalized spacial score (nSPS) is 13.0. The molecule has 0 aromatic heterocycles. The fraction of sp³-hybridized carbons (Fsp3) is 0.889. The lowest BCUT2D eigenvalue weighted by atomic mass is 9.67. The van der Waals surface area contributed by atoms with Crippen LogP contribution in [0, 0.1) is 16.2 Å². The smallest absolute Gasteiger partial charge is 0.303 e. The third kappa shape index (κ3) is 8.40. The van der Waals surface area contributed by atoms with E-state index in [4.69, 9.17) is 9.84 Å². The van der Waals surface area contributed by atoms with Crippen molar-refractivity contribution in [2.24, 2.45) is 16.2 Å². The number of carbonyl (C=O) groups is 2. The predicted octanol–water partition coefficient (Wildman–Crippen LogP) is 4.91. The predicted molar refractivity (Wildman–Crippen MR) is 90.8 cm³/mol. The molecule has 0 fully saturated rings. The van der Waals surface area contributed by atoms with E-state index in [9.17, 15) is 9.59 Å². The molecule has 0 aliphatic heterocycles. The summed E-state index contributed by atoms with van der Waals surface area (Å²) in [6.07, 6.45) is 0.233. The summed E-state index contributed by atoms with van der Waals surface area (Å²) >= 11 is 0. The van der Waals surface area contributed by atoms with Gasteiger partial charge in [0.15, 0.2) is 0 Å². The van der Waals surface area contributed by atoms with Crippen LogP contribution in [0.2, 0.25) is 0 Å². The topological polar surface area (TPSA) is 63.6 Å². The molecular weight excluding hydrogens is 280 g/mol. The lowest BCUT2D eigenvalue weighted by Crippen LogP contribution is -2.40. The van der Waals surface area contributed by atoms with E-state index < -0.39 is 11.6 Å². The van der Waals surface area contributed by atoms with E-state index in [1.165, 1.54) is 6.92 Å². The van der Waals surface area contributed by atoms with Crippen molar-refractivity contribution in [2.45, 2.75) is 88.2 Å². The first kappa shape index (κ1) is 23.2. The average Bonchev–Trinajstić information content (AvgIpc) is 2.09. The number of rotatable bonds is 3. The van der Waals surface area contributed by atoms with E-state index in [1.54, 1.807) is 0 Å². The SMILES string of the molecule is CC(=O)OC(C)(C)C(C)(C)C.CC(C)(C)C(C)(C)CC(=O)O. The van der Waals surface area contributed by atoms with Crippen molar-refractivity contribution in [3.63, 3.8) is 0 Å². The van der Waals surface area contributed by atoms with Crippen molar-refractivity contribution < 1.29 is 19.4 Å². The Labute approximate surface area is 136 Å². The summed E-state index contributed by atoms with van der Waals surface area (Å²) < 4.78 is 5.16. The fourth-order valence-electron chi connectivity index (χ4n) is 1.16. The van der Waals surface area contributed by atoms with Gasteiger partial charge in [0.05, 0.1) is 6.42 Å². The van der Waals surface area contributed by atoms with E-state index >= 15 is 0 Å². The molecule has 0 aliphatic rings. The Morgan fingerprint density at radius 1 is 0.818 bits per heavy atom. The van der Waals surface area contributed by atoms with E-state index in [2.05, 4.69) is 41.5 Å². The molecule has 132 valence electrons. The van der Waals surface area contributed by atoms with E-state index in [0.29, 0.717) is 0 Å². The Morgan fingerprint density at radius 3 is 1.27 bits per heavy atom. The number of aliphatic carboxylic acids is 1. The summed E-state index contributed by atoms with van der Waals surface area (Å²) in [4.78, 5) is 21.1. The maximum Gasteiger partial charge on any atom is 0.303 e. The minimum absolute atomic E-state index is 0.0152. The van der Waals surface area contributed by atoms with Gasteiger partial charge in [-0.25, -0.2) is 0 Å². The molecule has 0 aromatic carbocycles. The van der Waals surface area contributed by atoms with Crippen LogP contribution in [-0.4, -0.2) is 22.6 Å². The zero-order valence-corrected chi connectivity index (χ0v) is 16.4. The molecule has 0 aliphatic carbocycles. The number of ether oxygens (including phenoxy) is 1. The second kappa shape index (κ2) is 7.47. The van der Waals surface area contributed by atoms with Crippen LogP contribution in [0.5, 0.6) is 0 Å². The minimum atomic E-state index is -0.718. The molecule has 0 spiro atoms. The highest BCUT2D eigenvalue weighted by Crippen LogP contribution is 2.40. The maximum absolute atomic E-state index is 10.7. The largest absolute Gasteiger partial charge is 0.481 e. The third-order valence-electron chi connectivity index (χ3n) is 4.83. The van der Waals surface area contributed by atoms with Crippen LogP contribution in [0.3, 0.4) is 0 Å². The van der Waals surface area contributed by atoms with Crippen LogP contribution < -0.4 is 0 Å². The van der Waals surface area contributed by atoms with Crippen LogP contribution in [0.1, 0.15) is 82.6 Å². The molecule has 1 N–H and O–H groups in total. The molecule has 0 bridgehead atoms. The molecule has 22 heavy (non-hydrogen) atoms. The van der Waals surface area contributed by atoms with Gasteiger partial charge in [-0.05, 0) is 24.7 Å². The molecule has 0 unspecified atom stereocenters. The first-order valence-electron chi connectivity index (χ1n) is 7.75. The van der Waals surface area contributed by atoms with Gasteiger partial charge in [-0.15, -0.1) is 0 Å². The van der Waals surface area contributed by atoms with Crippen molar-refractivity contribution in [1.29, 1.82) is 0 Å². The van der Waals surface area contributed by atoms with Gasteiger partial charge in [0.2, 0.25) is 0 Å². The number of carboxylic acids is 1. The molecule has 0 amide bonds. The summed E-state index contributed by atoms with van der Waals surface area (Å²) in [6.45, 7) is 21.6. The summed E-state index contributed by atoms with van der Waals surface area (Å²) in [6, 6.07) is 0. The van der Waals surface area contributed by atoms with E-state index in [1.807, 2.05) is 27.7 Å². The standard InChI is InChI=1S/2C9H18O2/c1-8(2,3)9(4,5)6-7(10)11;1-7(10)11-9(5,6)8(2,3)4/h6H2,1-5H3,(H,10,11);1-6H3. The van der Waals surface area contributed by atoms with Gasteiger partial charge >= 0.3 is 11.9 Å². The van der Waals surface area contributed by atoms with Crippen molar-refractivity contribution in [2.75, 3.05) is 0 Å². The number of hydrogen-bond acceptors (Lipinski definition) is 3. The Bertz CT molecular complexity index is 341. The second-order valence-electron chi connectivity index (χ2n) is 9.06. The van der Waals surface area contributed by atoms with Gasteiger partial charge in [0, 0.05) is 12.3 Å². The molecule has 0 radical (unpaired) electrons. The Morgan fingerprint density at radius 2 is 1.18 bits per heavy atom. The molecule has 4 nitrogen and oxygen atoms in total. The average molecular weight is 316 g/mol. The molecular formula is C18H36O4. The first-order chi connectivity index (χ1) is 9.33. The maximum atomic E-state index is 10.7. The zero-order valence-electron chi connectivity index (χ0n) is 16.4.